The zero-order valence-electron chi connectivity index (χ0n) is 18.9. The molecule has 4 rings (SSSR count). The van der Waals surface area contributed by atoms with Gasteiger partial charge in [-0.3, -0.25) is 4.98 Å². The average Bonchev–Trinajstić information content (AvgIpc) is 3.43. The number of hydrogen-bond acceptors (Lipinski definition) is 5. The van der Waals surface area contributed by atoms with Crippen molar-refractivity contribution in [1.29, 1.82) is 5.26 Å². The van der Waals surface area contributed by atoms with E-state index in [4.69, 9.17) is 0 Å². The molecule has 0 aliphatic heterocycles. The number of sulfonamides is 1. The van der Waals surface area contributed by atoms with E-state index in [1.807, 2.05) is 4.57 Å². The molecular weight excluding hydrogens is 507 g/mol. The number of aromatic nitrogens is 2. The Bertz CT molecular complexity index is 1410. The van der Waals surface area contributed by atoms with Crippen LogP contribution >= 0.6 is 0 Å². The Hall–Kier alpha value is -3.24. The van der Waals surface area contributed by atoms with Gasteiger partial charge < -0.3 is 9.30 Å². The van der Waals surface area contributed by atoms with Gasteiger partial charge in [-0.05, 0) is 44.0 Å². The van der Waals surface area contributed by atoms with Crippen LogP contribution in [0.3, 0.4) is 0 Å². The summed E-state index contributed by atoms with van der Waals surface area (Å²) in [5.74, 6) is -0.0791. The number of nitriles is 1. The summed E-state index contributed by atoms with van der Waals surface area (Å²) in [6.07, 6.45) is -0.457. The third-order valence-electron chi connectivity index (χ3n) is 6.11. The van der Waals surface area contributed by atoms with Crippen LogP contribution in [0.15, 0.2) is 41.4 Å². The van der Waals surface area contributed by atoms with Gasteiger partial charge in [0.1, 0.15) is 22.8 Å². The Morgan fingerprint density at radius 1 is 1.19 bits per heavy atom. The van der Waals surface area contributed by atoms with E-state index in [0.717, 1.165) is 37.9 Å². The van der Waals surface area contributed by atoms with E-state index < -0.39 is 33.7 Å². The first kappa shape index (κ1) is 25.8. The molecule has 1 aromatic carbocycles. The fraction of sp³-hybridized carbons (Fsp3) is 0.391. The summed E-state index contributed by atoms with van der Waals surface area (Å²) in [5, 5.41) is 10.4. The van der Waals surface area contributed by atoms with Crippen molar-refractivity contribution in [3.8, 4) is 23.2 Å². The van der Waals surface area contributed by atoms with Crippen molar-refractivity contribution in [2.45, 2.75) is 62.4 Å². The molecule has 0 saturated heterocycles. The first-order chi connectivity index (χ1) is 16.9. The predicted molar refractivity (Wildman–Crippen MR) is 120 cm³/mol. The maximum atomic E-state index is 12.8. The molecule has 0 radical (unpaired) electrons. The van der Waals surface area contributed by atoms with Gasteiger partial charge in [-0.15, -0.1) is 0 Å². The molecule has 0 spiro atoms. The minimum absolute atomic E-state index is 0.0640. The van der Waals surface area contributed by atoms with E-state index in [-0.39, 0.29) is 23.0 Å². The molecule has 1 saturated carbocycles. The fourth-order valence-corrected chi connectivity index (χ4v) is 5.59. The molecule has 7 nitrogen and oxygen atoms in total. The quantitative estimate of drug-likeness (QED) is 0.408. The Labute approximate surface area is 203 Å². The summed E-state index contributed by atoms with van der Waals surface area (Å²) in [6.45, 7) is -2.35. The molecule has 0 unspecified atom stereocenters. The van der Waals surface area contributed by atoms with Crippen molar-refractivity contribution in [2.24, 2.45) is 0 Å². The first-order valence-electron chi connectivity index (χ1n) is 11.0. The molecule has 192 valence electrons. The lowest BCUT2D eigenvalue weighted by molar-refractivity contribution is -0.147. The van der Waals surface area contributed by atoms with E-state index in [1.165, 1.54) is 24.3 Å². The SMILES string of the molecule is C[C@H](NS(=O)(=O)c1ccc(-c2c(C#N)c3ccc(OC(F)F)cc3n2C2CCCC2)nc1)C(F)(F)F. The normalized spacial score (nSPS) is 15.9. The van der Waals surface area contributed by atoms with Gasteiger partial charge in [0.05, 0.1) is 22.5 Å². The number of nitrogens with zero attached hydrogens (tertiary/aromatic N) is 3. The van der Waals surface area contributed by atoms with E-state index >= 15 is 0 Å². The predicted octanol–water partition coefficient (Wildman–Crippen LogP) is 5.52. The first-order valence-corrected chi connectivity index (χ1v) is 12.5. The molecule has 3 aromatic rings. The van der Waals surface area contributed by atoms with Crippen molar-refractivity contribution in [1.82, 2.24) is 14.3 Å². The van der Waals surface area contributed by atoms with Crippen molar-refractivity contribution in [3.63, 3.8) is 0 Å². The second-order valence-corrected chi connectivity index (χ2v) is 10.2. The third-order valence-corrected chi connectivity index (χ3v) is 7.64. The van der Waals surface area contributed by atoms with Crippen LogP contribution in [-0.2, 0) is 10.0 Å². The monoisotopic (exact) mass is 528 g/mol. The summed E-state index contributed by atoms with van der Waals surface area (Å²) in [6, 6.07) is 6.42. The molecule has 1 atom stereocenters. The standard InChI is InChI=1S/C23H21F5N4O3S/c1-13(23(26,27)28)31-36(33,34)16-7-9-19(30-12-16)21-18(11-29)17-8-6-15(35-22(24)25)10-20(17)32(21)14-4-2-3-5-14/h6-10,12-14,22,31H,2-5H2,1H3/t13-/m0/s1. The number of ether oxygens (including phenoxy) is 1. The van der Waals surface area contributed by atoms with Crippen LogP contribution in [0.1, 0.15) is 44.2 Å². The smallest absolute Gasteiger partial charge is 0.404 e. The largest absolute Gasteiger partial charge is 0.435 e. The van der Waals surface area contributed by atoms with Crippen molar-refractivity contribution in [2.75, 3.05) is 0 Å². The van der Waals surface area contributed by atoms with Crippen LogP contribution in [0.2, 0.25) is 0 Å². The summed E-state index contributed by atoms with van der Waals surface area (Å²) in [7, 11) is -4.52. The summed E-state index contributed by atoms with van der Waals surface area (Å²) in [5.41, 5.74) is 1.29. The van der Waals surface area contributed by atoms with Crippen LogP contribution in [0, 0.1) is 11.3 Å². The highest BCUT2D eigenvalue weighted by molar-refractivity contribution is 7.89. The number of alkyl halides is 5. The number of nitrogens with one attached hydrogen (secondary N) is 1. The lowest BCUT2D eigenvalue weighted by Crippen LogP contribution is -2.42. The maximum Gasteiger partial charge on any atom is 0.404 e. The number of rotatable bonds is 7. The van der Waals surface area contributed by atoms with E-state index in [9.17, 15) is 35.6 Å². The third kappa shape index (κ3) is 5.01. The zero-order valence-corrected chi connectivity index (χ0v) is 19.7. The molecule has 2 heterocycles. The Balaban J connectivity index is 1.82. The highest BCUT2D eigenvalue weighted by Gasteiger charge is 2.39. The van der Waals surface area contributed by atoms with Crippen LogP contribution in [0.4, 0.5) is 22.0 Å². The van der Waals surface area contributed by atoms with E-state index in [1.54, 1.807) is 4.72 Å². The van der Waals surface area contributed by atoms with Crippen molar-refractivity contribution in [3.05, 3.63) is 42.1 Å². The molecule has 1 fully saturated rings. The fourth-order valence-electron chi connectivity index (χ4n) is 4.42. The number of fused-ring (bicyclic) bond motifs is 1. The summed E-state index contributed by atoms with van der Waals surface area (Å²) >= 11 is 0. The van der Waals surface area contributed by atoms with Gasteiger partial charge in [-0.25, -0.2) is 8.42 Å². The molecule has 13 heteroatoms. The zero-order chi connectivity index (χ0) is 26.3. The van der Waals surface area contributed by atoms with E-state index in [2.05, 4.69) is 15.8 Å². The molecule has 0 bridgehead atoms. The topological polar surface area (TPSA) is 97.0 Å². The molecule has 0 amide bonds. The average molecular weight is 529 g/mol. The van der Waals surface area contributed by atoms with Gasteiger partial charge in [0.15, 0.2) is 0 Å². The lowest BCUT2D eigenvalue weighted by atomic mass is 10.1. The van der Waals surface area contributed by atoms with Crippen molar-refractivity contribution < 1.29 is 35.1 Å². The summed E-state index contributed by atoms with van der Waals surface area (Å²) < 4.78 is 96.9. The number of pyridine rings is 1. The van der Waals surface area contributed by atoms with Crippen LogP contribution in [-0.4, -0.2) is 36.8 Å². The molecule has 1 aliphatic rings. The second-order valence-electron chi connectivity index (χ2n) is 8.46. The van der Waals surface area contributed by atoms with Crippen molar-refractivity contribution >= 4 is 20.9 Å². The number of halogens is 5. The van der Waals surface area contributed by atoms with Gasteiger partial charge in [0, 0.05) is 23.7 Å². The Morgan fingerprint density at radius 2 is 1.89 bits per heavy atom. The van der Waals surface area contributed by atoms with Crippen LogP contribution < -0.4 is 9.46 Å². The van der Waals surface area contributed by atoms with Gasteiger partial charge in [-0.1, -0.05) is 12.8 Å². The number of hydrogen-bond donors (Lipinski definition) is 1. The molecule has 1 N–H and O–H groups in total. The maximum absolute atomic E-state index is 12.8. The summed E-state index contributed by atoms with van der Waals surface area (Å²) in [4.78, 5) is 3.69. The second kappa shape index (κ2) is 9.67. The van der Waals surface area contributed by atoms with Gasteiger partial charge in [-0.2, -0.15) is 31.9 Å². The molecule has 36 heavy (non-hydrogen) atoms. The van der Waals surface area contributed by atoms with E-state index in [0.29, 0.717) is 23.5 Å². The molecule has 1 aliphatic carbocycles. The highest BCUT2D eigenvalue weighted by atomic mass is 32.2. The Morgan fingerprint density at radius 3 is 2.44 bits per heavy atom. The Kier molecular flexibility index (Phi) is 6.94. The lowest BCUT2D eigenvalue weighted by Gasteiger charge is -2.19. The van der Waals surface area contributed by atoms with Gasteiger partial charge in [0.25, 0.3) is 0 Å². The van der Waals surface area contributed by atoms with Crippen LogP contribution in [0.25, 0.3) is 22.3 Å². The minimum Gasteiger partial charge on any atom is -0.435 e. The minimum atomic E-state index is -4.77. The molecule has 2 aromatic heterocycles. The molecular formula is C23H21F5N4O3S. The van der Waals surface area contributed by atoms with Gasteiger partial charge in [0.2, 0.25) is 10.0 Å². The van der Waals surface area contributed by atoms with Crippen LogP contribution in [0.5, 0.6) is 5.75 Å². The number of benzene rings is 1. The van der Waals surface area contributed by atoms with Gasteiger partial charge >= 0.3 is 12.8 Å². The highest BCUT2D eigenvalue weighted by Crippen LogP contribution is 2.42.